The van der Waals surface area contributed by atoms with Crippen molar-refractivity contribution in [3.05, 3.63) is 35.9 Å². The van der Waals surface area contributed by atoms with Crippen LogP contribution < -0.4 is 0 Å². The Morgan fingerprint density at radius 2 is 1.83 bits per heavy atom. The van der Waals surface area contributed by atoms with Crippen LogP contribution in [0.25, 0.3) is 0 Å². The van der Waals surface area contributed by atoms with Crippen LogP contribution in [0.15, 0.2) is 30.3 Å². The number of carboxylic acid groups (broad SMARTS) is 1. The summed E-state index contributed by atoms with van der Waals surface area (Å²) in [5.41, 5.74) is 0.763. The number of carboxylic acids is 1. The summed E-state index contributed by atoms with van der Waals surface area (Å²) < 4.78 is 10.6. The Balaban J connectivity index is 2.34. The molecule has 18 heavy (non-hydrogen) atoms. The van der Waals surface area contributed by atoms with E-state index in [-0.39, 0.29) is 6.61 Å². The molecule has 0 heterocycles. The summed E-state index contributed by atoms with van der Waals surface area (Å²) in [5, 5.41) is 9.16. The van der Waals surface area contributed by atoms with Gasteiger partial charge in [-0.25, -0.2) is 0 Å². The normalized spacial score (nSPS) is 12.3. The molecule has 0 spiro atoms. The minimum absolute atomic E-state index is 0.175. The molecule has 1 unspecified atom stereocenters. The third-order valence-corrected chi connectivity index (χ3v) is 2.51. The van der Waals surface area contributed by atoms with E-state index in [0.29, 0.717) is 19.8 Å². The van der Waals surface area contributed by atoms with Crippen molar-refractivity contribution >= 4 is 5.97 Å². The molecule has 0 fully saturated rings. The molecule has 1 aromatic carbocycles. The highest BCUT2D eigenvalue weighted by atomic mass is 16.5. The molecule has 4 nitrogen and oxygen atoms in total. The smallest absolute Gasteiger partial charge is 0.313 e. The van der Waals surface area contributed by atoms with Crippen molar-refractivity contribution in [2.45, 2.75) is 19.3 Å². The first kappa shape index (κ1) is 14.7. The molecular weight excluding hydrogens is 232 g/mol. The Morgan fingerprint density at radius 3 is 2.44 bits per heavy atom. The van der Waals surface area contributed by atoms with Gasteiger partial charge in [0.1, 0.15) is 5.92 Å². The molecule has 1 atom stereocenters. The van der Waals surface area contributed by atoms with Gasteiger partial charge in [-0.1, -0.05) is 37.3 Å². The van der Waals surface area contributed by atoms with E-state index in [1.807, 2.05) is 25.1 Å². The van der Waals surface area contributed by atoms with Crippen LogP contribution in [0.5, 0.6) is 0 Å². The number of carbonyl (C=O) groups is 1. The predicted molar refractivity (Wildman–Crippen MR) is 68.7 cm³/mol. The van der Waals surface area contributed by atoms with Gasteiger partial charge in [0.15, 0.2) is 0 Å². The van der Waals surface area contributed by atoms with Crippen molar-refractivity contribution in [2.24, 2.45) is 0 Å². The molecule has 0 aliphatic rings. The molecule has 0 radical (unpaired) electrons. The van der Waals surface area contributed by atoms with Crippen molar-refractivity contribution < 1.29 is 19.4 Å². The maximum Gasteiger partial charge on any atom is 0.313 e. The van der Waals surface area contributed by atoms with Gasteiger partial charge in [0.05, 0.1) is 19.8 Å². The maximum atomic E-state index is 11.2. The lowest BCUT2D eigenvalue weighted by molar-refractivity contribution is -0.140. The van der Waals surface area contributed by atoms with Gasteiger partial charge >= 0.3 is 5.97 Å². The van der Waals surface area contributed by atoms with Crippen LogP contribution in [0, 0.1) is 0 Å². The lowest BCUT2D eigenvalue weighted by atomic mass is 10.0. The fourth-order valence-electron chi connectivity index (χ4n) is 1.56. The molecule has 0 amide bonds. The molecule has 1 N–H and O–H groups in total. The van der Waals surface area contributed by atoms with Gasteiger partial charge in [0.2, 0.25) is 0 Å². The van der Waals surface area contributed by atoms with Gasteiger partial charge in [-0.3, -0.25) is 4.79 Å². The lowest BCUT2D eigenvalue weighted by Crippen LogP contribution is -2.19. The molecule has 0 aliphatic carbocycles. The number of aliphatic carboxylic acids is 1. The molecule has 0 aliphatic heterocycles. The van der Waals surface area contributed by atoms with Gasteiger partial charge in [0.25, 0.3) is 0 Å². The maximum absolute atomic E-state index is 11.2. The summed E-state index contributed by atoms with van der Waals surface area (Å²) in [6.07, 6.45) is 0.974. The number of hydrogen-bond acceptors (Lipinski definition) is 3. The summed E-state index contributed by atoms with van der Waals surface area (Å²) in [5.74, 6) is -1.48. The van der Waals surface area contributed by atoms with E-state index in [0.717, 1.165) is 12.0 Å². The van der Waals surface area contributed by atoms with Gasteiger partial charge < -0.3 is 14.6 Å². The van der Waals surface area contributed by atoms with Crippen LogP contribution in [-0.2, 0) is 14.3 Å². The van der Waals surface area contributed by atoms with Crippen molar-refractivity contribution in [2.75, 3.05) is 26.4 Å². The average Bonchev–Trinajstić information content (AvgIpc) is 2.38. The summed E-state index contributed by atoms with van der Waals surface area (Å²) in [4.78, 5) is 11.2. The minimum atomic E-state index is -0.865. The summed E-state index contributed by atoms with van der Waals surface area (Å²) in [6.45, 7) is 3.86. The highest BCUT2D eigenvalue weighted by Gasteiger charge is 2.19. The average molecular weight is 252 g/mol. The molecule has 0 aromatic heterocycles. The van der Waals surface area contributed by atoms with E-state index < -0.39 is 11.9 Å². The predicted octanol–water partition coefficient (Wildman–Crippen LogP) is 2.30. The van der Waals surface area contributed by atoms with Gasteiger partial charge in [-0.15, -0.1) is 0 Å². The molecular formula is C14H20O4. The van der Waals surface area contributed by atoms with Crippen molar-refractivity contribution in [3.8, 4) is 0 Å². The Morgan fingerprint density at radius 1 is 1.17 bits per heavy atom. The first-order valence-corrected chi connectivity index (χ1v) is 6.19. The summed E-state index contributed by atoms with van der Waals surface area (Å²) in [7, 11) is 0. The topological polar surface area (TPSA) is 55.8 Å². The van der Waals surface area contributed by atoms with Crippen LogP contribution >= 0.6 is 0 Å². The van der Waals surface area contributed by atoms with E-state index >= 15 is 0 Å². The minimum Gasteiger partial charge on any atom is -0.481 e. The van der Waals surface area contributed by atoms with Gasteiger partial charge in [0, 0.05) is 6.61 Å². The second-order valence-corrected chi connectivity index (χ2v) is 3.99. The van der Waals surface area contributed by atoms with Crippen LogP contribution in [-0.4, -0.2) is 37.5 Å². The number of benzene rings is 1. The van der Waals surface area contributed by atoms with Crippen molar-refractivity contribution in [1.29, 1.82) is 0 Å². The first-order chi connectivity index (χ1) is 8.75. The van der Waals surface area contributed by atoms with Gasteiger partial charge in [-0.05, 0) is 12.0 Å². The zero-order valence-electron chi connectivity index (χ0n) is 10.7. The van der Waals surface area contributed by atoms with Crippen LogP contribution in [0.4, 0.5) is 0 Å². The van der Waals surface area contributed by atoms with Crippen LogP contribution in [0.3, 0.4) is 0 Å². The molecule has 0 saturated carbocycles. The molecule has 1 aromatic rings. The molecule has 4 heteroatoms. The molecule has 0 saturated heterocycles. The Bertz CT molecular complexity index is 337. The van der Waals surface area contributed by atoms with E-state index in [2.05, 4.69) is 0 Å². The largest absolute Gasteiger partial charge is 0.481 e. The van der Waals surface area contributed by atoms with E-state index in [4.69, 9.17) is 14.6 Å². The van der Waals surface area contributed by atoms with Crippen molar-refractivity contribution in [1.82, 2.24) is 0 Å². The zero-order chi connectivity index (χ0) is 13.2. The first-order valence-electron chi connectivity index (χ1n) is 6.19. The fraction of sp³-hybridized carbons (Fsp3) is 0.500. The quantitative estimate of drug-likeness (QED) is 0.685. The number of ether oxygens (including phenoxy) is 2. The SMILES string of the molecule is CCCOCCOCC(C(=O)O)c1ccccc1. The van der Waals surface area contributed by atoms with E-state index in [9.17, 15) is 4.79 Å². The number of rotatable bonds is 9. The zero-order valence-corrected chi connectivity index (χ0v) is 10.7. The lowest BCUT2D eigenvalue weighted by Gasteiger charge is -2.13. The van der Waals surface area contributed by atoms with Crippen molar-refractivity contribution in [3.63, 3.8) is 0 Å². The highest BCUT2D eigenvalue weighted by molar-refractivity contribution is 5.76. The third kappa shape index (κ3) is 5.29. The summed E-state index contributed by atoms with van der Waals surface area (Å²) >= 11 is 0. The monoisotopic (exact) mass is 252 g/mol. The van der Waals surface area contributed by atoms with Crippen LogP contribution in [0.2, 0.25) is 0 Å². The molecule has 1 rings (SSSR count). The van der Waals surface area contributed by atoms with Crippen LogP contribution in [0.1, 0.15) is 24.8 Å². The van der Waals surface area contributed by atoms with E-state index in [1.54, 1.807) is 12.1 Å². The number of hydrogen-bond donors (Lipinski definition) is 1. The second kappa shape index (κ2) is 8.66. The molecule has 100 valence electrons. The standard InChI is InChI=1S/C14H20O4/c1-2-8-17-9-10-18-11-13(14(15)16)12-6-4-3-5-7-12/h3-7,13H,2,8-11H2,1H3,(H,15,16). The Labute approximate surface area is 108 Å². The highest BCUT2D eigenvalue weighted by Crippen LogP contribution is 2.15. The third-order valence-electron chi connectivity index (χ3n) is 2.51. The Hall–Kier alpha value is -1.39. The summed E-state index contributed by atoms with van der Waals surface area (Å²) in [6, 6.07) is 9.12. The Kier molecular flexibility index (Phi) is 7.06. The fourth-order valence-corrected chi connectivity index (χ4v) is 1.56. The molecule has 0 bridgehead atoms. The second-order valence-electron chi connectivity index (χ2n) is 3.99. The van der Waals surface area contributed by atoms with E-state index in [1.165, 1.54) is 0 Å². The van der Waals surface area contributed by atoms with Gasteiger partial charge in [-0.2, -0.15) is 0 Å².